The van der Waals surface area contributed by atoms with E-state index in [4.69, 9.17) is 5.73 Å². The summed E-state index contributed by atoms with van der Waals surface area (Å²) in [4.78, 5) is 2.63. The molecule has 1 aromatic rings. The fourth-order valence-electron chi connectivity index (χ4n) is 3.47. The van der Waals surface area contributed by atoms with Gasteiger partial charge in [-0.05, 0) is 64.3 Å². The number of likely N-dealkylation sites (tertiary alicyclic amines) is 1. The Balaban J connectivity index is 2.31. The minimum absolute atomic E-state index is 0.0684. The van der Waals surface area contributed by atoms with Crippen LogP contribution >= 0.6 is 0 Å². The van der Waals surface area contributed by atoms with E-state index < -0.39 is 0 Å². The van der Waals surface area contributed by atoms with Gasteiger partial charge in [0.15, 0.2) is 0 Å². The van der Waals surface area contributed by atoms with E-state index in [1.54, 1.807) is 0 Å². The zero-order valence-corrected chi connectivity index (χ0v) is 13.6. The van der Waals surface area contributed by atoms with Crippen LogP contribution in [-0.2, 0) is 0 Å². The number of aryl methyl sites for hydroxylation is 2. The second kappa shape index (κ2) is 6.28. The Labute approximate surface area is 124 Å². The molecule has 1 aliphatic heterocycles. The number of rotatable bonds is 4. The van der Waals surface area contributed by atoms with Crippen molar-refractivity contribution in [2.24, 2.45) is 5.73 Å². The Bertz CT molecular complexity index is 449. The van der Waals surface area contributed by atoms with Crippen LogP contribution in [0, 0.1) is 13.8 Å². The highest BCUT2D eigenvalue weighted by atomic mass is 15.2. The molecule has 0 radical (unpaired) electrons. The largest absolute Gasteiger partial charge is 0.322 e. The fraction of sp³-hybridized carbons (Fsp3) is 0.667. The van der Waals surface area contributed by atoms with E-state index in [0.29, 0.717) is 0 Å². The standard InChI is InChI=1S/C18H30N2/c1-5-18(4,20-11-7-6-8-12-20)17(19)16-13-14(2)9-10-15(16)3/h9-10,13,17H,5-8,11-12,19H2,1-4H3. The molecule has 2 nitrogen and oxygen atoms in total. The lowest BCUT2D eigenvalue weighted by Crippen LogP contribution is -2.54. The summed E-state index contributed by atoms with van der Waals surface area (Å²) >= 11 is 0. The summed E-state index contributed by atoms with van der Waals surface area (Å²) in [5.41, 5.74) is 10.8. The van der Waals surface area contributed by atoms with Crippen molar-refractivity contribution in [3.05, 3.63) is 34.9 Å². The molecule has 2 N–H and O–H groups in total. The van der Waals surface area contributed by atoms with Crippen LogP contribution < -0.4 is 5.73 Å². The lowest BCUT2D eigenvalue weighted by atomic mass is 9.80. The SMILES string of the molecule is CCC(C)(C(N)c1cc(C)ccc1C)N1CCCCC1. The molecule has 112 valence electrons. The van der Waals surface area contributed by atoms with Gasteiger partial charge < -0.3 is 5.73 Å². The predicted molar refractivity (Wildman–Crippen MR) is 87.0 cm³/mol. The Hall–Kier alpha value is -0.860. The van der Waals surface area contributed by atoms with E-state index in [1.807, 2.05) is 0 Å². The molecular formula is C18H30N2. The third-order valence-corrected chi connectivity index (χ3v) is 5.23. The van der Waals surface area contributed by atoms with Crippen molar-refractivity contribution in [2.45, 2.75) is 65.0 Å². The van der Waals surface area contributed by atoms with Crippen molar-refractivity contribution >= 4 is 0 Å². The van der Waals surface area contributed by atoms with Crippen molar-refractivity contribution in [2.75, 3.05) is 13.1 Å². The highest BCUT2D eigenvalue weighted by molar-refractivity contribution is 5.34. The number of nitrogens with zero attached hydrogens (tertiary/aromatic N) is 1. The predicted octanol–water partition coefficient (Wildman–Crippen LogP) is 3.96. The second-order valence-corrected chi connectivity index (χ2v) is 6.60. The summed E-state index contributed by atoms with van der Waals surface area (Å²) in [5, 5.41) is 0. The molecule has 2 atom stereocenters. The molecule has 2 unspecified atom stereocenters. The first-order chi connectivity index (χ1) is 9.49. The molecule has 1 aliphatic rings. The quantitative estimate of drug-likeness (QED) is 0.900. The highest BCUT2D eigenvalue weighted by Gasteiger charge is 2.38. The van der Waals surface area contributed by atoms with E-state index in [9.17, 15) is 0 Å². The molecule has 0 saturated carbocycles. The van der Waals surface area contributed by atoms with Crippen LogP contribution in [0.5, 0.6) is 0 Å². The topological polar surface area (TPSA) is 29.3 Å². The van der Waals surface area contributed by atoms with Gasteiger partial charge in [-0.15, -0.1) is 0 Å². The lowest BCUT2D eigenvalue weighted by Gasteiger charge is -2.47. The third-order valence-electron chi connectivity index (χ3n) is 5.23. The average Bonchev–Trinajstić information content (AvgIpc) is 2.49. The molecule has 1 saturated heterocycles. The van der Waals surface area contributed by atoms with E-state index in [0.717, 1.165) is 6.42 Å². The number of hydrogen-bond acceptors (Lipinski definition) is 2. The van der Waals surface area contributed by atoms with Crippen molar-refractivity contribution < 1.29 is 0 Å². The average molecular weight is 274 g/mol. The van der Waals surface area contributed by atoms with Crippen molar-refractivity contribution in [3.63, 3.8) is 0 Å². The van der Waals surface area contributed by atoms with Gasteiger partial charge in [-0.25, -0.2) is 0 Å². The van der Waals surface area contributed by atoms with Gasteiger partial charge in [0.25, 0.3) is 0 Å². The molecule has 0 bridgehead atoms. The van der Waals surface area contributed by atoms with Crippen molar-refractivity contribution in [3.8, 4) is 0 Å². The number of piperidine rings is 1. The van der Waals surface area contributed by atoms with Crippen LogP contribution in [0.1, 0.15) is 62.3 Å². The molecule has 20 heavy (non-hydrogen) atoms. The molecule has 1 fully saturated rings. The van der Waals surface area contributed by atoms with E-state index >= 15 is 0 Å². The van der Waals surface area contributed by atoms with Crippen LogP contribution in [-0.4, -0.2) is 23.5 Å². The normalized spacial score (nSPS) is 21.4. The van der Waals surface area contributed by atoms with Crippen LogP contribution in [0.15, 0.2) is 18.2 Å². The zero-order valence-electron chi connectivity index (χ0n) is 13.6. The summed E-state index contributed by atoms with van der Waals surface area (Å²) in [7, 11) is 0. The number of nitrogens with two attached hydrogens (primary N) is 1. The van der Waals surface area contributed by atoms with Gasteiger partial charge in [-0.1, -0.05) is 37.1 Å². The lowest BCUT2D eigenvalue weighted by molar-refractivity contribution is 0.0541. The maximum Gasteiger partial charge on any atom is 0.0482 e. The van der Waals surface area contributed by atoms with Crippen molar-refractivity contribution in [1.82, 2.24) is 4.90 Å². The number of hydrogen-bond donors (Lipinski definition) is 1. The van der Waals surface area contributed by atoms with E-state index in [-0.39, 0.29) is 11.6 Å². The third kappa shape index (κ3) is 2.91. The molecule has 0 aromatic heterocycles. The number of benzene rings is 1. The van der Waals surface area contributed by atoms with Crippen LogP contribution in [0.2, 0.25) is 0 Å². The summed E-state index contributed by atoms with van der Waals surface area (Å²) in [5.74, 6) is 0. The van der Waals surface area contributed by atoms with Crippen LogP contribution in [0.25, 0.3) is 0 Å². The summed E-state index contributed by atoms with van der Waals surface area (Å²) < 4.78 is 0. The van der Waals surface area contributed by atoms with E-state index in [1.165, 1.54) is 49.0 Å². The Morgan fingerprint density at radius 1 is 1.20 bits per heavy atom. The first-order valence-corrected chi connectivity index (χ1v) is 8.07. The summed E-state index contributed by atoms with van der Waals surface area (Å²) in [6.07, 6.45) is 5.10. The smallest absolute Gasteiger partial charge is 0.0482 e. The minimum atomic E-state index is 0.0684. The molecule has 0 aliphatic carbocycles. The molecule has 1 heterocycles. The first-order valence-electron chi connectivity index (χ1n) is 8.07. The van der Waals surface area contributed by atoms with Gasteiger partial charge >= 0.3 is 0 Å². The highest BCUT2D eigenvalue weighted by Crippen LogP contribution is 2.35. The molecule has 2 rings (SSSR count). The Morgan fingerprint density at radius 3 is 2.45 bits per heavy atom. The molecule has 2 heteroatoms. The monoisotopic (exact) mass is 274 g/mol. The molecule has 0 amide bonds. The maximum absolute atomic E-state index is 6.74. The summed E-state index contributed by atoms with van der Waals surface area (Å²) in [6.45, 7) is 11.4. The minimum Gasteiger partial charge on any atom is -0.322 e. The van der Waals surface area contributed by atoms with Gasteiger partial charge in [-0.2, -0.15) is 0 Å². The van der Waals surface area contributed by atoms with Crippen LogP contribution in [0.3, 0.4) is 0 Å². The molecular weight excluding hydrogens is 244 g/mol. The van der Waals surface area contributed by atoms with Crippen molar-refractivity contribution in [1.29, 1.82) is 0 Å². The Kier molecular flexibility index (Phi) is 4.87. The molecule has 1 aromatic carbocycles. The maximum atomic E-state index is 6.74. The summed E-state index contributed by atoms with van der Waals surface area (Å²) in [6, 6.07) is 6.75. The Morgan fingerprint density at radius 2 is 1.85 bits per heavy atom. The molecule has 0 spiro atoms. The van der Waals surface area contributed by atoms with Gasteiger partial charge in [0, 0.05) is 11.6 Å². The first kappa shape index (κ1) is 15.5. The van der Waals surface area contributed by atoms with E-state index in [2.05, 4.69) is 50.8 Å². The van der Waals surface area contributed by atoms with Gasteiger partial charge in [0.05, 0.1) is 0 Å². The zero-order chi connectivity index (χ0) is 14.8. The fourth-order valence-corrected chi connectivity index (χ4v) is 3.47. The second-order valence-electron chi connectivity index (χ2n) is 6.60. The van der Waals surface area contributed by atoms with Gasteiger partial charge in [0.1, 0.15) is 0 Å². The van der Waals surface area contributed by atoms with Gasteiger partial charge in [0.2, 0.25) is 0 Å². The van der Waals surface area contributed by atoms with Gasteiger partial charge in [-0.3, -0.25) is 4.90 Å². The van der Waals surface area contributed by atoms with Crippen LogP contribution in [0.4, 0.5) is 0 Å².